The van der Waals surface area contributed by atoms with Gasteiger partial charge in [0.05, 0.1) is 11.2 Å². The van der Waals surface area contributed by atoms with E-state index >= 15 is 0 Å². The lowest BCUT2D eigenvalue weighted by molar-refractivity contribution is 0.221. The molecule has 1 N–H and O–H groups in total. The molecule has 1 aromatic rings. The van der Waals surface area contributed by atoms with Crippen molar-refractivity contribution in [3.05, 3.63) is 16.1 Å². The van der Waals surface area contributed by atoms with Gasteiger partial charge >= 0.3 is 0 Å². The molecule has 0 aliphatic rings. The van der Waals surface area contributed by atoms with Crippen LogP contribution in [0.5, 0.6) is 0 Å². The van der Waals surface area contributed by atoms with Crippen molar-refractivity contribution in [2.45, 2.75) is 26.7 Å². The van der Waals surface area contributed by atoms with Gasteiger partial charge in [0, 0.05) is 11.5 Å². The Balaban J connectivity index is 2.77. The molecule has 1 rings (SSSR count). The molecule has 2 unspecified atom stereocenters. The molecule has 0 saturated heterocycles. The molecule has 12 heavy (non-hydrogen) atoms. The van der Waals surface area contributed by atoms with Gasteiger partial charge in [-0.15, -0.1) is 11.3 Å². The molecule has 0 radical (unpaired) electrons. The van der Waals surface area contributed by atoms with Gasteiger partial charge in [-0.05, 0) is 18.8 Å². The van der Waals surface area contributed by atoms with Crippen LogP contribution in [0.15, 0.2) is 5.51 Å². The Morgan fingerprint density at radius 3 is 2.67 bits per heavy atom. The standard InChI is InChI=1S/C9H15NOS/c1-6(4-11)7(2)9-8(3)10-5-12-9/h5-7,11H,4H2,1-3H3. The molecule has 2 atom stereocenters. The fourth-order valence-corrected chi connectivity index (χ4v) is 2.16. The van der Waals surface area contributed by atoms with Crippen LogP contribution in [0, 0.1) is 12.8 Å². The second kappa shape index (κ2) is 4.01. The summed E-state index contributed by atoms with van der Waals surface area (Å²) in [5.41, 5.74) is 2.97. The van der Waals surface area contributed by atoms with Crippen molar-refractivity contribution in [3.63, 3.8) is 0 Å². The molecule has 0 amide bonds. The lowest BCUT2D eigenvalue weighted by Crippen LogP contribution is -2.10. The predicted molar refractivity (Wildman–Crippen MR) is 51.5 cm³/mol. The molecule has 0 saturated carbocycles. The van der Waals surface area contributed by atoms with E-state index in [1.807, 2.05) is 12.4 Å². The number of rotatable bonds is 3. The number of aliphatic hydroxyl groups is 1. The van der Waals surface area contributed by atoms with E-state index in [9.17, 15) is 0 Å². The van der Waals surface area contributed by atoms with Crippen LogP contribution in [-0.2, 0) is 0 Å². The van der Waals surface area contributed by atoms with Crippen LogP contribution in [0.25, 0.3) is 0 Å². The summed E-state index contributed by atoms with van der Waals surface area (Å²) in [6, 6.07) is 0. The van der Waals surface area contributed by atoms with Crippen LogP contribution < -0.4 is 0 Å². The van der Waals surface area contributed by atoms with Crippen LogP contribution in [-0.4, -0.2) is 16.7 Å². The lowest BCUT2D eigenvalue weighted by Gasteiger charge is -2.16. The molecule has 0 aromatic carbocycles. The highest BCUT2D eigenvalue weighted by atomic mass is 32.1. The zero-order valence-corrected chi connectivity index (χ0v) is 8.56. The Bertz CT molecular complexity index is 246. The average molecular weight is 185 g/mol. The molecule has 1 heterocycles. The van der Waals surface area contributed by atoms with E-state index in [4.69, 9.17) is 5.11 Å². The maximum atomic E-state index is 8.98. The number of thiazole rings is 1. The SMILES string of the molecule is Cc1ncsc1C(C)C(C)CO. The van der Waals surface area contributed by atoms with Crippen LogP contribution in [0.1, 0.15) is 30.3 Å². The summed E-state index contributed by atoms with van der Waals surface area (Å²) in [5.74, 6) is 0.742. The average Bonchev–Trinajstić information content (AvgIpc) is 2.48. The highest BCUT2D eigenvalue weighted by Crippen LogP contribution is 2.29. The van der Waals surface area contributed by atoms with Crippen LogP contribution >= 0.6 is 11.3 Å². The molecular formula is C9H15NOS. The summed E-state index contributed by atoms with van der Waals surface area (Å²) in [6.07, 6.45) is 0. The number of aryl methyl sites for hydroxylation is 1. The third-order valence-corrected chi connectivity index (χ3v) is 3.47. The third kappa shape index (κ3) is 1.84. The second-order valence-corrected chi connectivity index (χ2v) is 4.14. The molecule has 0 fully saturated rings. The molecule has 0 bridgehead atoms. The zero-order chi connectivity index (χ0) is 9.14. The van der Waals surface area contributed by atoms with E-state index in [0.29, 0.717) is 11.8 Å². The van der Waals surface area contributed by atoms with Gasteiger partial charge < -0.3 is 5.11 Å². The van der Waals surface area contributed by atoms with E-state index in [2.05, 4.69) is 18.8 Å². The Kier molecular flexibility index (Phi) is 3.23. The van der Waals surface area contributed by atoms with E-state index in [1.54, 1.807) is 11.3 Å². The molecule has 1 aromatic heterocycles. The summed E-state index contributed by atoms with van der Waals surface area (Å²) < 4.78 is 0. The van der Waals surface area contributed by atoms with Crippen LogP contribution in [0.3, 0.4) is 0 Å². The largest absolute Gasteiger partial charge is 0.396 e. The van der Waals surface area contributed by atoms with Crippen molar-refractivity contribution < 1.29 is 5.11 Å². The topological polar surface area (TPSA) is 33.1 Å². The minimum absolute atomic E-state index is 0.249. The first-order chi connectivity index (χ1) is 5.66. The summed E-state index contributed by atoms with van der Waals surface area (Å²) in [7, 11) is 0. The first-order valence-corrected chi connectivity index (χ1v) is 5.05. The normalized spacial score (nSPS) is 16.0. The highest BCUT2D eigenvalue weighted by Gasteiger charge is 2.16. The molecule has 68 valence electrons. The lowest BCUT2D eigenvalue weighted by atomic mass is 9.94. The van der Waals surface area contributed by atoms with Gasteiger partial charge in [-0.3, -0.25) is 0 Å². The Morgan fingerprint density at radius 1 is 1.58 bits per heavy atom. The molecule has 3 heteroatoms. The van der Waals surface area contributed by atoms with Gasteiger partial charge in [-0.25, -0.2) is 4.98 Å². The quantitative estimate of drug-likeness (QED) is 0.783. The highest BCUT2D eigenvalue weighted by molar-refractivity contribution is 7.09. The molecule has 0 aliphatic heterocycles. The number of aromatic nitrogens is 1. The third-order valence-electron chi connectivity index (χ3n) is 2.34. The van der Waals surface area contributed by atoms with Crippen LogP contribution in [0.4, 0.5) is 0 Å². The minimum atomic E-state index is 0.249. The van der Waals surface area contributed by atoms with Gasteiger partial charge in [-0.1, -0.05) is 13.8 Å². The smallest absolute Gasteiger partial charge is 0.0797 e. The molecule has 0 aliphatic carbocycles. The summed E-state index contributed by atoms with van der Waals surface area (Å²) in [6.45, 7) is 6.47. The molecular weight excluding hydrogens is 170 g/mol. The Morgan fingerprint density at radius 2 is 2.25 bits per heavy atom. The number of nitrogens with zero attached hydrogens (tertiary/aromatic N) is 1. The van der Waals surface area contributed by atoms with E-state index in [0.717, 1.165) is 5.69 Å². The van der Waals surface area contributed by atoms with E-state index in [1.165, 1.54) is 4.88 Å². The fourth-order valence-electron chi connectivity index (χ4n) is 1.16. The minimum Gasteiger partial charge on any atom is -0.396 e. The monoisotopic (exact) mass is 185 g/mol. The second-order valence-electron chi connectivity index (χ2n) is 3.25. The van der Waals surface area contributed by atoms with Crippen LogP contribution in [0.2, 0.25) is 0 Å². The first kappa shape index (κ1) is 9.68. The van der Waals surface area contributed by atoms with Gasteiger partial charge in [0.2, 0.25) is 0 Å². The number of aliphatic hydroxyl groups excluding tert-OH is 1. The summed E-state index contributed by atoms with van der Waals surface area (Å²) >= 11 is 1.68. The van der Waals surface area contributed by atoms with Crippen molar-refractivity contribution in [2.75, 3.05) is 6.61 Å². The van der Waals surface area contributed by atoms with Crippen molar-refractivity contribution in [1.82, 2.24) is 4.98 Å². The Labute approximate surface area is 77.3 Å². The zero-order valence-electron chi connectivity index (χ0n) is 7.74. The fraction of sp³-hybridized carbons (Fsp3) is 0.667. The van der Waals surface area contributed by atoms with Gasteiger partial charge in [0.1, 0.15) is 0 Å². The van der Waals surface area contributed by atoms with E-state index in [-0.39, 0.29) is 6.61 Å². The van der Waals surface area contributed by atoms with Gasteiger partial charge in [-0.2, -0.15) is 0 Å². The first-order valence-electron chi connectivity index (χ1n) is 4.17. The van der Waals surface area contributed by atoms with Crippen molar-refractivity contribution >= 4 is 11.3 Å². The Hall–Kier alpha value is -0.410. The summed E-state index contributed by atoms with van der Waals surface area (Å²) in [4.78, 5) is 5.49. The number of hydrogen-bond donors (Lipinski definition) is 1. The van der Waals surface area contributed by atoms with Crippen molar-refractivity contribution in [2.24, 2.45) is 5.92 Å². The van der Waals surface area contributed by atoms with Gasteiger partial charge in [0.15, 0.2) is 0 Å². The predicted octanol–water partition coefficient (Wildman–Crippen LogP) is 2.18. The maximum Gasteiger partial charge on any atom is 0.0797 e. The molecule has 2 nitrogen and oxygen atoms in total. The maximum absolute atomic E-state index is 8.98. The van der Waals surface area contributed by atoms with Crippen molar-refractivity contribution in [1.29, 1.82) is 0 Å². The summed E-state index contributed by atoms with van der Waals surface area (Å²) in [5, 5.41) is 8.98. The van der Waals surface area contributed by atoms with Crippen molar-refractivity contribution in [3.8, 4) is 0 Å². The molecule has 0 spiro atoms. The van der Waals surface area contributed by atoms with E-state index < -0.39 is 0 Å². The van der Waals surface area contributed by atoms with Gasteiger partial charge in [0.25, 0.3) is 0 Å². The number of hydrogen-bond acceptors (Lipinski definition) is 3.